The minimum Gasteiger partial charge on any atom is -0.370 e. The Bertz CT molecular complexity index is 299. The van der Waals surface area contributed by atoms with Crippen LogP contribution in [0.1, 0.15) is 51.9 Å². The third-order valence-electron chi connectivity index (χ3n) is 5.38. The summed E-state index contributed by atoms with van der Waals surface area (Å²) in [5.74, 6) is 0.798. The molecule has 15 heavy (non-hydrogen) atoms. The van der Waals surface area contributed by atoms with Crippen molar-refractivity contribution in [3.05, 3.63) is 0 Å². The van der Waals surface area contributed by atoms with Crippen molar-refractivity contribution in [2.24, 2.45) is 5.92 Å². The number of hydrogen-bond donors (Lipinski definition) is 0. The molecule has 0 aromatic carbocycles. The molecule has 2 heteroatoms. The van der Waals surface area contributed by atoms with Crippen LogP contribution in [0.3, 0.4) is 0 Å². The maximum atomic E-state index is 6.20. The predicted octanol–water partition coefficient (Wildman–Crippen LogP) is 2.66. The van der Waals surface area contributed by atoms with Crippen molar-refractivity contribution >= 4 is 0 Å². The molecule has 0 aromatic rings. The Labute approximate surface area is 91.3 Å². The Balaban J connectivity index is 1.56. The van der Waals surface area contributed by atoms with Crippen LogP contribution in [0.25, 0.3) is 0 Å². The summed E-state index contributed by atoms with van der Waals surface area (Å²) in [6, 6.07) is 0. The van der Waals surface area contributed by atoms with Crippen molar-refractivity contribution < 1.29 is 9.47 Å². The molecular formula is C13H20O2. The molecule has 5 unspecified atom stereocenters. The van der Waals surface area contributed by atoms with Crippen LogP contribution in [0.2, 0.25) is 0 Å². The smallest absolute Gasteiger partial charge is 0.101 e. The van der Waals surface area contributed by atoms with Gasteiger partial charge in [-0.3, -0.25) is 0 Å². The fourth-order valence-electron chi connectivity index (χ4n) is 4.35. The second-order valence-electron chi connectivity index (χ2n) is 6.15. The van der Waals surface area contributed by atoms with Gasteiger partial charge < -0.3 is 9.47 Å². The van der Waals surface area contributed by atoms with Gasteiger partial charge in [-0.25, -0.2) is 0 Å². The molecule has 0 amide bonds. The normalized spacial score (nSPS) is 61.8. The van der Waals surface area contributed by atoms with Gasteiger partial charge in [0, 0.05) is 0 Å². The zero-order valence-corrected chi connectivity index (χ0v) is 9.50. The van der Waals surface area contributed by atoms with Crippen molar-refractivity contribution in [3.63, 3.8) is 0 Å². The molecule has 2 aliphatic carbocycles. The van der Waals surface area contributed by atoms with E-state index in [1.807, 2.05) is 0 Å². The summed E-state index contributed by atoms with van der Waals surface area (Å²) in [5, 5.41) is 0. The Kier molecular flexibility index (Phi) is 1.56. The van der Waals surface area contributed by atoms with Crippen LogP contribution in [-0.2, 0) is 9.47 Å². The van der Waals surface area contributed by atoms with Crippen molar-refractivity contribution in [1.82, 2.24) is 0 Å². The topological polar surface area (TPSA) is 25.1 Å². The highest BCUT2D eigenvalue weighted by Crippen LogP contribution is 2.64. The maximum Gasteiger partial charge on any atom is 0.101 e. The molecule has 0 radical (unpaired) electrons. The lowest BCUT2D eigenvalue weighted by Gasteiger charge is -2.31. The van der Waals surface area contributed by atoms with Gasteiger partial charge in [-0.05, 0) is 44.9 Å². The molecule has 4 rings (SSSR count). The first kappa shape index (κ1) is 9.00. The highest BCUT2D eigenvalue weighted by atomic mass is 16.6. The average molecular weight is 208 g/mol. The van der Waals surface area contributed by atoms with Gasteiger partial charge >= 0.3 is 0 Å². The molecule has 0 N–H and O–H groups in total. The van der Waals surface area contributed by atoms with Crippen molar-refractivity contribution in [2.45, 2.75) is 75.3 Å². The van der Waals surface area contributed by atoms with Crippen LogP contribution in [0, 0.1) is 5.92 Å². The minimum absolute atomic E-state index is 0.248. The number of epoxide rings is 2. The largest absolute Gasteiger partial charge is 0.370 e. The number of fused-ring (bicyclic) bond motifs is 2. The van der Waals surface area contributed by atoms with Gasteiger partial charge in [-0.2, -0.15) is 0 Å². The predicted molar refractivity (Wildman–Crippen MR) is 56.7 cm³/mol. The molecule has 0 bridgehead atoms. The SMILES string of the molecule is CC12CCCCC1(C1CCC3OC3C1)O2. The van der Waals surface area contributed by atoms with Crippen molar-refractivity contribution in [3.8, 4) is 0 Å². The van der Waals surface area contributed by atoms with E-state index < -0.39 is 0 Å². The molecule has 2 heterocycles. The van der Waals surface area contributed by atoms with Gasteiger partial charge in [-0.1, -0.05) is 12.8 Å². The molecule has 2 aliphatic heterocycles. The van der Waals surface area contributed by atoms with Crippen molar-refractivity contribution in [1.29, 1.82) is 0 Å². The van der Waals surface area contributed by atoms with Crippen LogP contribution in [-0.4, -0.2) is 23.4 Å². The summed E-state index contributed by atoms with van der Waals surface area (Å²) in [6.07, 6.45) is 10.5. The molecule has 84 valence electrons. The molecule has 2 saturated carbocycles. The molecule has 4 fully saturated rings. The van der Waals surface area contributed by atoms with E-state index in [0.717, 1.165) is 5.92 Å². The van der Waals surface area contributed by atoms with E-state index in [2.05, 4.69) is 6.92 Å². The second-order valence-corrected chi connectivity index (χ2v) is 6.15. The number of rotatable bonds is 1. The Morgan fingerprint density at radius 1 is 1.07 bits per heavy atom. The first-order valence-electron chi connectivity index (χ1n) is 6.59. The van der Waals surface area contributed by atoms with Crippen LogP contribution in [0.4, 0.5) is 0 Å². The van der Waals surface area contributed by atoms with E-state index >= 15 is 0 Å². The van der Waals surface area contributed by atoms with Gasteiger partial charge in [0.05, 0.1) is 17.8 Å². The monoisotopic (exact) mass is 208 g/mol. The Morgan fingerprint density at radius 2 is 1.93 bits per heavy atom. The molecule has 5 atom stereocenters. The fourth-order valence-corrected chi connectivity index (χ4v) is 4.35. The lowest BCUT2D eigenvalue weighted by atomic mass is 9.68. The van der Waals surface area contributed by atoms with Crippen molar-refractivity contribution in [2.75, 3.05) is 0 Å². The molecule has 0 spiro atoms. The summed E-state index contributed by atoms with van der Waals surface area (Å²) in [5.41, 5.74) is 0.528. The highest BCUT2D eigenvalue weighted by Gasteiger charge is 2.71. The van der Waals surface area contributed by atoms with Gasteiger partial charge in [0.1, 0.15) is 5.60 Å². The lowest BCUT2D eigenvalue weighted by Crippen LogP contribution is -2.37. The van der Waals surface area contributed by atoms with E-state index in [1.54, 1.807) is 0 Å². The average Bonchev–Trinajstić information content (AvgIpc) is 3.08. The molecule has 0 aromatic heterocycles. The quantitative estimate of drug-likeness (QED) is 0.619. The minimum atomic E-state index is 0.248. The third-order valence-corrected chi connectivity index (χ3v) is 5.38. The summed E-state index contributed by atoms with van der Waals surface area (Å²) in [7, 11) is 0. The van der Waals surface area contributed by atoms with Crippen LogP contribution >= 0.6 is 0 Å². The van der Waals surface area contributed by atoms with E-state index in [-0.39, 0.29) is 11.2 Å². The number of hydrogen-bond acceptors (Lipinski definition) is 2. The van der Waals surface area contributed by atoms with Gasteiger partial charge in [-0.15, -0.1) is 0 Å². The molecular weight excluding hydrogens is 188 g/mol. The molecule has 4 aliphatic rings. The van der Waals surface area contributed by atoms with E-state index in [0.29, 0.717) is 12.2 Å². The van der Waals surface area contributed by atoms with E-state index in [9.17, 15) is 0 Å². The van der Waals surface area contributed by atoms with E-state index in [1.165, 1.54) is 44.9 Å². The first-order chi connectivity index (χ1) is 7.24. The number of ether oxygens (including phenoxy) is 2. The zero-order valence-electron chi connectivity index (χ0n) is 9.50. The van der Waals surface area contributed by atoms with Gasteiger partial charge in [0.15, 0.2) is 0 Å². The third kappa shape index (κ3) is 1.07. The standard InChI is InChI=1S/C13H20O2/c1-12-6-2-3-7-13(12,15-12)9-4-5-10-11(8-9)14-10/h9-11H,2-8H2,1H3. The maximum absolute atomic E-state index is 6.20. The summed E-state index contributed by atoms with van der Waals surface area (Å²) < 4.78 is 11.8. The Morgan fingerprint density at radius 3 is 2.73 bits per heavy atom. The lowest BCUT2D eigenvalue weighted by molar-refractivity contribution is 0.169. The summed E-state index contributed by atoms with van der Waals surface area (Å²) in [6.45, 7) is 2.34. The van der Waals surface area contributed by atoms with Crippen LogP contribution in [0.5, 0.6) is 0 Å². The highest BCUT2D eigenvalue weighted by molar-refractivity contribution is 5.19. The summed E-state index contributed by atoms with van der Waals surface area (Å²) >= 11 is 0. The second kappa shape index (κ2) is 2.60. The van der Waals surface area contributed by atoms with Crippen LogP contribution < -0.4 is 0 Å². The zero-order chi connectivity index (χ0) is 10.1. The summed E-state index contributed by atoms with van der Waals surface area (Å²) in [4.78, 5) is 0. The molecule has 2 nitrogen and oxygen atoms in total. The van der Waals surface area contributed by atoms with Gasteiger partial charge in [0.25, 0.3) is 0 Å². The Hall–Kier alpha value is -0.0800. The first-order valence-corrected chi connectivity index (χ1v) is 6.59. The van der Waals surface area contributed by atoms with E-state index in [4.69, 9.17) is 9.47 Å². The molecule has 2 saturated heterocycles. The fraction of sp³-hybridized carbons (Fsp3) is 1.00. The van der Waals surface area contributed by atoms with Gasteiger partial charge in [0.2, 0.25) is 0 Å². The van der Waals surface area contributed by atoms with Crippen LogP contribution in [0.15, 0.2) is 0 Å².